The molecule has 0 aliphatic carbocycles. The number of hydrogen-bond donors (Lipinski definition) is 1. The summed E-state index contributed by atoms with van der Waals surface area (Å²) in [4.78, 5) is 32.9. The first-order chi connectivity index (χ1) is 14.1. The first-order valence-electron chi connectivity index (χ1n) is 9.92. The molecule has 6 nitrogen and oxygen atoms in total. The van der Waals surface area contributed by atoms with Gasteiger partial charge in [0.1, 0.15) is 5.56 Å². The summed E-state index contributed by atoms with van der Waals surface area (Å²) in [5, 5.41) is 0. The molecule has 4 rings (SSSR count). The van der Waals surface area contributed by atoms with Crippen LogP contribution in [0.4, 0.5) is 5.69 Å². The molecule has 0 unspecified atom stereocenters. The number of benzene rings is 1. The van der Waals surface area contributed by atoms with Crippen molar-refractivity contribution < 1.29 is 4.79 Å². The number of carbonyl (C=O) groups is 1. The summed E-state index contributed by atoms with van der Waals surface area (Å²) in [5.74, 6) is -0.220. The van der Waals surface area contributed by atoms with Gasteiger partial charge in [-0.15, -0.1) is 0 Å². The van der Waals surface area contributed by atoms with Crippen LogP contribution in [0.2, 0.25) is 0 Å². The summed E-state index contributed by atoms with van der Waals surface area (Å²) in [6, 6.07) is 14.7. The number of likely N-dealkylation sites (tertiary alicyclic amines) is 1. The van der Waals surface area contributed by atoms with Crippen molar-refractivity contribution in [3.63, 3.8) is 0 Å². The smallest absolute Gasteiger partial charge is 0.268 e. The maximum absolute atomic E-state index is 13.2. The second-order valence-electron chi connectivity index (χ2n) is 7.28. The molecule has 0 atom stereocenters. The molecule has 3 heterocycles. The SMILES string of the molecule is Nc1c(-c2ccccn2)cn(-c2ccccc2)c(=O)c1C(=O)CCN1CCCC1. The second kappa shape index (κ2) is 8.41. The fraction of sp³-hybridized carbons (Fsp3) is 0.261. The van der Waals surface area contributed by atoms with Crippen molar-refractivity contribution in [1.29, 1.82) is 0 Å². The average Bonchev–Trinajstić information content (AvgIpc) is 3.27. The Morgan fingerprint density at radius 2 is 1.76 bits per heavy atom. The molecule has 0 saturated carbocycles. The minimum absolute atomic E-state index is 0.0520. The number of Topliss-reactive ketones (excluding diaryl/α,β-unsaturated/α-hetero) is 1. The van der Waals surface area contributed by atoms with Crippen LogP contribution in [0.3, 0.4) is 0 Å². The number of aromatic nitrogens is 2. The molecule has 0 bridgehead atoms. The summed E-state index contributed by atoms with van der Waals surface area (Å²) in [6.07, 6.45) is 5.94. The van der Waals surface area contributed by atoms with Gasteiger partial charge in [-0.1, -0.05) is 24.3 Å². The molecule has 1 saturated heterocycles. The van der Waals surface area contributed by atoms with E-state index in [1.54, 1.807) is 12.4 Å². The van der Waals surface area contributed by atoms with Gasteiger partial charge in [0.25, 0.3) is 5.56 Å². The van der Waals surface area contributed by atoms with Gasteiger partial charge in [0.15, 0.2) is 5.78 Å². The molecule has 6 heteroatoms. The molecular weight excluding hydrogens is 364 g/mol. The topological polar surface area (TPSA) is 81.2 Å². The van der Waals surface area contributed by atoms with Gasteiger partial charge in [-0.2, -0.15) is 0 Å². The molecule has 1 aromatic carbocycles. The van der Waals surface area contributed by atoms with Crippen LogP contribution >= 0.6 is 0 Å². The number of pyridine rings is 2. The van der Waals surface area contributed by atoms with Crippen molar-refractivity contribution in [1.82, 2.24) is 14.5 Å². The molecule has 1 aliphatic rings. The van der Waals surface area contributed by atoms with E-state index in [9.17, 15) is 9.59 Å². The fourth-order valence-corrected chi connectivity index (χ4v) is 3.79. The summed E-state index contributed by atoms with van der Waals surface area (Å²) in [7, 11) is 0. The number of ketones is 1. The van der Waals surface area contributed by atoms with Crippen molar-refractivity contribution in [2.24, 2.45) is 0 Å². The summed E-state index contributed by atoms with van der Waals surface area (Å²) in [6.45, 7) is 2.66. The first-order valence-corrected chi connectivity index (χ1v) is 9.92. The van der Waals surface area contributed by atoms with E-state index in [2.05, 4.69) is 9.88 Å². The number of rotatable bonds is 6. The Morgan fingerprint density at radius 1 is 1.03 bits per heavy atom. The Bertz CT molecular complexity index is 1060. The van der Waals surface area contributed by atoms with E-state index < -0.39 is 0 Å². The van der Waals surface area contributed by atoms with Crippen molar-refractivity contribution in [3.8, 4) is 16.9 Å². The zero-order valence-corrected chi connectivity index (χ0v) is 16.3. The van der Waals surface area contributed by atoms with E-state index in [4.69, 9.17) is 5.73 Å². The van der Waals surface area contributed by atoms with E-state index in [-0.39, 0.29) is 29.0 Å². The zero-order chi connectivity index (χ0) is 20.2. The molecule has 3 aromatic rings. The summed E-state index contributed by atoms with van der Waals surface area (Å²) in [5.41, 5.74) is 8.12. The van der Waals surface area contributed by atoms with E-state index in [1.807, 2.05) is 48.5 Å². The zero-order valence-electron chi connectivity index (χ0n) is 16.3. The number of carbonyl (C=O) groups excluding carboxylic acids is 1. The highest BCUT2D eigenvalue weighted by atomic mass is 16.1. The van der Waals surface area contributed by atoms with E-state index in [1.165, 1.54) is 4.57 Å². The van der Waals surface area contributed by atoms with E-state index in [0.29, 0.717) is 23.5 Å². The third-order valence-electron chi connectivity index (χ3n) is 5.36. The highest BCUT2D eigenvalue weighted by Crippen LogP contribution is 2.27. The maximum Gasteiger partial charge on any atom is 0.268 e. The largest absolute Gasteiger partial charge is 0.397 e. The second-order valence-corrected chi connectivity index (χ2v) is 7.28. The Morgan fingerprint density at radius 3 is 2.45 bits per heavy atom. The Balaban J connectivity index is 1.80. The van der Waals surface area contributed by atoms with Crippen LogP contribution in [-0.4, -0.2) is 39.9 Å². The quantitative estimate of drug-likeness (QED) is 0.656. The van der Waals surface area contributed by atoms with Crippen molar-refractivity contribution in [3.05, 3.63) is 76.8 Å². The Labute approximate surface area is 169 Å². The number of anilines is 1. The van der Waals surface area contributed by atoms with Gasteiger partial charge in [0, 0.05) is 36.6 Å². The van der Waals surface area contributed by atoms with Crippen molar-refractivity contribution in [2.45, 2.75) is 19.3 Å². The molecule has 2 aromatic heterocycles. The number of nitrogen functional groups attached to an aromatic ring is 1. The Hall–Kier alpha value is -3.25. The van der Waals surface area contributed by atoms with Crippen LogP contribution in [0.5, 0.6) is 0 Å². The summed E-state index contributed by atoms with van der Waals surface area (Å²) < 4.78 is 1.49. The number of nitrogens with two attached hydrogens (primary N) is 1. The molecule has 0 radical (unpaired) electrons. The van der Waals surface area contributed by atoms with Crippen LogP contribution in [0.15, 0.2) is 65.7 Å². The molecule has 148 valence electrons. The Kier molecular flexibility index (Phi) is 5.53. The lowest BCUT2D eigenvalue weighted by Crippen LogP contribution is -2.29. The molecule has 1 fully saturated rings. The molecule has 29 heavy (non-hydrogen) atoms. The van der Waals surface area contributed by atoms with Gasteiger partial charge in [-0.3, -0.25) is 19.1 Å². The molecule has 2 N–H and O–H groups in total. The summed E-state index contributed by atoms with van der Waals surface area (Å²) >= 11 is 0. The third-order valence-corrected chi connectivity index (χ3v) is 5.36. The minimum atomic E-state index is -0.389. The highest BCUT2D eigenvalue weighted by molar-refractivity contribution is 6.03. The van der Waals surface area contributed by atoms with Gasteiger partial charge >= 0.3 is 0 Å². The van der Waals surface area contributed by atoms with Gasteiger partial charge in [0.05, 0.1) is 11.4 Å². The van der Waals surface area contributed by atoms with Crippen LogP contribution in [0, 0.1) is 0 Å². The average molecular weight is 388 g/mol. The van der Waals surface area contributed by atoms with Crippen LogP contribution in [-0.2, 0) is 0 Å². The molecular formula is C23H24N4O2. The number of para-hydroxylation sites is 1. The number of nitrogens with zero attached hydrogens (tertiary/aromatic N) is 3. The van der Waals surface area contributed by atoms with Crippen LogP contribution < -0.4 is 11.3 Å². The lowest BCUT2D eigenvalue weighted by molar-refractivity contribution is 0.0968. The standard InChI is InChI=1S/C23H24N4O2/c24-22-18(19-10-4-5-12-25-19)16-27(17-8-2-1-3-9-17)23(29)21(22)20(28)11-15-26-13-6-7-14-26/h1-5,8-10,12,16H,6-7,11,13-15,24H2. The number of hydrogen-bond acceptors (Lipinski definition) is 5. The van der Waals surface area contributed by atoms with Gasteiger partial charge in [0.2, 0.25) is 0 Å². The molecule has 1 aliphatic heterocycles. The lowest BCUT2D eigenvalue weighted by Gasteiger charge is -2.17. The van der Waals surface area contributed by atoms with Crippen LogP contribution in [0.1, 0.15) is 29.6 Å². The lowest BCUT2D eigenvalue weighted by atomic mass is 10.0. The molecule has 0 spiro atoms. The monoisotopic (exact) mass is 388 g/mol. The minimum Gasteiger partial charge on any atom is -0.397 e. The highest BCUT2D eigenvalue weighted by Gasteiger charge is 2.23. The van der Waals surface area contributed by atoms with E-state index >= 15 is 0 Å². The first kappa shape index (κ1) is 19.1. The third kappa shape index (κ3) is 3.98. The van der Waals surface area contributed by atoms with Gasteiger partial charge in [-0.05, 0) is 50.2 Å². The van der Waals surface area contributed by atoms with Crippen molar-refractivity contribution >= 4 is 11.5 Å². The molecule has 0 amide bonds. The van der Waals surface area contributed by atoms with E-state index in [0.717, 1.165) is 25.9 Å². The normalized spacial score (nSPS) is 14.2. The van der Waals surface area contributed by atoms with Crippen molar-refractivity contribution in [2.75, 3.05) is 25.4 Å². The van der Waals surface area contributed by atoms with Gasteiger partial charge in [-0.25, -0.2) is 0 Å². The van der Waals surface area contributed by atoms with Crippen LogP contribution in [0.25, 0.3) is 16.9 Å². The predicted molar refractivity (Wildman–Crippen MR) is 114 cm³/mol. The predicted octanol–water partition coefficient (Wildman–Crippen LogP) is 3.15. The fourth-order valence-electron chi connectivity index (χ4n) is 3.79. The van der Waals surface area contributed by atoms with Gasteiger partial charge < -0.3 is 10.6 Å². The maximum atomic E-state index is 13.2.